The fraction of sp³-hybridized carbons (Fsp3) is 0.273. The molecule has 1 aliphatic rings. The van der Waals surface area contributed by atoms with Crippen molar-refractivity contribution in [1.82, 2.24) is 9.97 Å². The van der Waals surface area contributed by atoms with Crippen LogP contribution in [0, 0.1) is 6.92 Å². The molecule has 1 aliphatic heterocycles. The lowest BCUT2D eigenvalue weighted by Gasteiger charge is -2.30. The van der Waals surface area contributed by atoms with E-state index in [1.807, 2.05) is 12.1 Å². The van der Waals surface area contributed by atoms with Crippen molar-refractivity contribution in [3.63, 3.8) is 0 Å². The Labute approximate surface area is 165 Å². The summed E-state index contributed by atoms with van der Waals surface area (Å²) in [5.74, 6) is 1.56. The monoisotopic (exact) mass is 375 g/mol. The number of para-hydroxylation sites is 2. The molecule has 28 heavy (non-hydrogen) atoms. The first-order valence-corrected chi connectivity index (χ1v) is 9.58. The maximum absolute atomic E-state index is 5.47. The SMILES string of the molecule is Cc1cccc(CNc2cc(Nc3ccccc3N3CCOCC3)ncn2)c1. The lowest BCUT2D eigenvalue weighted by molar-refractivity contribution is 0.123. The molecule has 0 aliphatic carbocycles. The average molecular weight is 375 g/mol. The molecular formula is C22H25N5O. The van der Waals surface area contributed by atoms with E-state index in [9.17, 15) is 0 Å². The summed E-state index contributed by atoms with van der Waals surface area (Å²) < 4.78 is 5.47. The molecule has 2 N–H and O–H groups in total. The number of ether oxygens (including phenoxy) is 1. The first-order chi connectivity index (χ1) is 13.8. The second-order valence-electron chi connectivity index (χ2n) is 6.87. The van der Waals surface area contributed by atoms with Crippen LogP contribution >= 0.6 is 0 Å². The standard InChI is InChI=1S/C22H25N5O/c1-17-5-4-6-18(13-17)15-23-21-14-22(25-16-24-21)26-19-7-2-3-8-20(19)27-9-11-28-12-10-27/h2-8,13-14,16H,9-12,15H2,1H3,(H2,23,24,25,26). The molecule has 1 fully saturated rings. The predicted molar refractivity (Wildman–Crippen MR) is 113 cm³/mol. The molecule has 0 radical (unpaired) electrons. The molecule has 0 spiro atoms. The van der Waals surface area contributed by atoms with Gasteiger partial charge in [0.05, 0.1) is 24.6 Å². The summed E-state index contributed by atoms with van der Waals surface area (Å²) in [5.41, 5.74) is 4.68. The van der Waals surface area contributed by atoms with Crippen LogP contribution < -0.4 is 15.5 Å². The van der Waals surface area contributed by atoms with E-state index >= 15 is 0 Å². The second kappa shape index (κ2) is 8.71. The molecule has 1 saturated heterocycles. The van der Waals surface area contributed by atoms with Crippen LogP contribution in [0.4, 0.5) is 23.0 Å². The zero-order valence-corrected chi connectivity index (χ0v) is 16.1. The van der Waals surface area contributed by atoms with Crippen molar-refractivity contribution < 1.29 is 4.74 Å². The Morgan fingerprint density at radius 3 is 2.64 bits per heavy atom. The third kappa shape index (κ3) is 4.58. The van der Waals surface area contributed by atoms with Crippen LogP contribution in [-0.2, 0) is 11.3 Å². The zero-order valence-electron chi connectivity index (χ0n) is 16.1. The number of morpholine rings is 1. The minimum atomic E-state index is 0.725. The highest BCUT2D eigenvalue weighted by Crippen LogP contribution is 2.29. The van der Waals surface area contributed by atoms with Gasteiger partial charge in [-0.3, -0.25) is 0 Å². The van der Waals surface area contributed by atoms with E-state index in [2.05, 4.69) is 74.9 Å². The van der Waals surface area contributed by atoms with Gasteiger partial charge < -0.3 is 20.3 Å². The van der Waals surface area contributed by atoms with Gasteiger partial charge in [-0.2, -0.15) is 0 Å². The molecule has 4 rings (SSSR count). The third-order valence-corrected chi connectivity index (χ3v) is 4.74. The number of aryl methyl sites for hydroxylation is 1. The Balaban J connectivity index is 1.46. The molecule has 0 unspecified atom stereocenters. The smallest absolute Gasteiger partial charge is 0.135 e. The van der Waals surface area contributed by atoms with Gasteiger partial charge in [0.15, 0.2) is 0 Å². The molecule has 3 aromatic rings. The van der Waals surface area contributed by atoms with Gasteiger partial charge in [0.25, 0.3) is 0 Å². The van der Waals surface area contributed by atoms with Gasteiger partial charge in [-0.25, -0.2) is 9.97 Å². The fourth-order valence-corrected chi connectivity index (χ4v) is 3.33. The lowest BCUT2D eigenvalue weighted by Crippen LogP contribution is -2.36. The molecule has 6 heteroatoms. The van der Waals surface area contributed by atoms with Crippen molar-refractivity contribution >= 4 is 23.0 Å². The van der Waals surface area contributed by atoms with Gasteiger partial charge in [-0.15, -0.1) is 0 Å². The van der Waals surface area contributed by atoms with E-state index in [1.54, 1.807) is 6.33 Å². The summed E-state index contributed by atoms with van der Waals surface area (Å²) in [4.78, 5) is 11.1. The van der Waals surface area contributed by atoms with Crippen LogP contribution in [0.2, 0.25) is 0 Å². The predicted octanol–water partition coefficient (Wildman–Crippen LogP) is 3.98. The Hall–Kier alpha value is -3.12. The first-order valence-electron chi connectivity index (χ1n) is 9.58. The summed E-state index contributed by atoms with van der Waals surface area (Å²) in [6.45, 7) is 6.13. The van der Waals surface area contributed by atoms with Crippen LogP contribution in [0.5, 0.6) is 0 Å². The van der Waals surface area contributed by atoms with Gasteiger partial charge in [0.2, 0.25) is 0 Å². The molecule has 0 atom stereocenters. The van der Waals surface area contributed by atoms with Crippen molar-refractivity contribution in [2.45, 2.75) is 13.5 Å². The molecule has 6 nitrogen and oxygen atoms in total. The van der Waals surface area contributed by atoms with Crippen molar-refractivity contribution in [3.8, 4) is 0 Å². The molecule has 0 saturated carbocycles. The van der Waals surface area contributed by atoms with Gasteiger partial charge >= 0.3 is 0 Å². The molecule has 0 bridgehead atoms. The number of hydrogen-bond acceptors (Lipinski definition) is 6. The molecule has 0 amide bonds. The minimum absolute atomic E-state index is 0.725. The van der Waals surface area contributed by atoms with Crippen LogP contribution in [0.25, 0.3) is 0 Å². The number of rotatable bonds is 6. The highest BCUT2D eigenvalue weighted by Gasteiger charge is 2.14. The average Bonchev–Trinajstić information content (AvgIpc) is 2.74. The lowest BCUT2D eigenvalue weighted by atomic mass is 10.1. The maximum Gasteiger partial charge on any atom is 0.135 e. The molecule has 2 aromatic carbocycles. The normalized spacial score (nSPS) is 14.0. The minimum Gasteiger partial charge on any atom is -0.378 e. The Morgan fingerprint density at radius 2 is 1.79 bits per heavy atom. The highest BCUT2D eigenvalue weighted by molar-refractivity contribution is 5.74. The third-order valence-electron chi connectivity index (χ3n) is 4.74. The van der Waals surface area contributed by atoms with Gasteiger partial charge in [0, 0.05) is 25.7 Å². The number of aromatic nitrogens is 2. The van der Waals surface area contributed by atoms with Crippen molar-refractivity contribution in [3.05, 3.63) is 72.1 Å². The molecule has 1 aromatic heterocycles. The number of anilines is 4. The van der Waals surface area contributed by atoms with Crippen molar-refractivity contribution in [2.24, 2.45) is 0 Å². The van der Waals surface area contributed by atoms with E-state index < -0.39 is 0 Å². The molecule has 2 heterocycles. The number of benzene rings is 2. The van der Waals surface area contributed by atoms with E-state index in [4.69, 9.17) is 4.74 Å². The molecule has 144 valence electrons. The quantitative estimate of drug-likeness (QED) is 0.680. The van der Waals surface area contributed by atoms with E-state index in [0.717, 1.165) is 50.2 Å². The number of hydrogen-bond donors (Lipinski definition) is 2. The maximum atomic E-state index is 5.47. The Morgan fingerprint density at radius 1 is 0.964 bits per heavy atom. The summed E-state index contributed by atoms with van der Waals surface area (Å²) in [7, 11) is 0. The second-order valence-corrected chi connectivity index (χ2v) is 6.87. The van der Waals surface area contributed by atoms with Crippen LogP contribution in [0.1, 0.15) is 11.1 Å². The van der Waals surface area contributed by atoms with Crippen LogP contribution in [0.3, 0.4) is 0 Å². The number of nitrogens with one attached hydrogen (secondary N) is 2. The fourth-order valence-electron chi connectivity index (χ4n) is 3.33. The molecular weight excluding hydrogens is 350 g/mol. The topological polar surface area (TPSA) is 62.3 Å². The van der Waals surface area contributed by atoms with Gasteiger partial charge in [-0.1, -0.05) is 42.0 Å². The zero-order chi connectivity index (χ0) is 19.2. The number of nitrogens with zero attached hydrogens (tertiary/aromatic N) is 3. The summed E-state index contributed by atoms with van der Waals surface area (Å²) in [6.07, 6.45) is 1.58. The first kappa shape index (κ1) is 18.3. The van der Waals surface area contributed by atoms with Gasteiger partial charge in [-0.05, 0) is 24.6 Å². The van der Waals surface area contributed by atoms with E-state index in [1.165, 1.54) is 16.8 Å². The highest BCUT2D eigenvalue weighted by atomic mass is 16.5. The van der Waals surface area contributed by atoms with Crippen LogP contribution in [0.15, 0.2) is 60.9 Å². The van der Waals surface area contributed by atoms with Crippen LogP contribution in [-0.4, -0.2) is 36.3 Å². The summed E-state index contributed by atoms with van der Waals surface area (Å²) in [6, 6.07) is 18.7. The van der Waals surface area contributed by atoms with E-state index in [0.29, 0.717) is 0 Å². The largest absolute Gasteiger partial charge is 0.378 e. The van der Waals surface area contributed by atoms with Gasteiger partial charge in [0.1, 0.15) is 18.0 Å². The Bertz CT molecular complexity index is 924. The van der Waals surface area contributed by atoms with E-state index in [-0.39, 0.29) is 0 Å². The van der Waals surface area contributed by atoms with Crippen molar-refractivity contribution in [1.29, 1.82) is 0 Å². The summed E-state index contributed by atoms with van der Waals surface area (Å²) >= 11 is 0. The van der Waals surface area contributed by atoms with Crippen molar-refractivity contribution in [2.75, 3.05) is 41.8 Å². The summed E-state index contributed by atoms with van der Waals surface area (Å²) in [5, 5.41) is 6.82. The Kier molecular flexibility index (Phi) is 5.68.